The molecule has 0 aromatic carbocycles. The van der Waals surface area contributed by atoms with Gasteiger partial charge in [-0.25, -0.2) is 0 Å². The summed E-state index contributed by atoms with van der Waals surface area (Å²) in [6, 6.07) is 2.38. The average Bonchev–Trinajstić information content (AvgIpc) is 2.94. The Bertz CT molecular complexity index is 355. The van der Waals surface area contributed by atoms with Crippen molar-refractivity contribution in [3.63, 3.8) is 0 Å². The summed E-state index contributed by atoms with van der Waals surface area (Å²) >= 11 is 7.52. The fourth-order valence-electron chi connectivity index (χ4n) is 2.62. The third kappa shape index (κ3) is 3.44. The highest BCUT2D eigenvalue weighted by molar-refractivity contribution is 7.14. The highest BCUT2D eigenvalue weighted by atomic mass is 35.5. The molecule has 0 radical (unpaired) electrons. The van der Waals surface area contributed by atoms with E-state index in [-0.39, 0.29) is 0 Å². The maximum atomic E-state index is 9.28. The van der Waals surface area contributed by atoms with Gasteiger partial charge in [-0.15, -0.1) is 11.3 Å². The molecular weight excluding hydrogens is 254 g/mol. The SMILES string of the molecule is CC(NCC1CCCC1CO)c1csc(Cl)c1. The number of aliphatic hydroxyl groups excluding tert-OH is 1. The molecule has 17 heavy (non-hydrogen) atoms. The zero-order chi connectivity index (χ0) is 12.3. The van der Waals surface area contributed by atoms with Crippen molar-refractivity contribution >= 4 is 22.9 Å². The van der Waals surface area contributed by atoms with Gasteiger partial charge in [-0.05, 0) is 55.2 Å². The second kappa shape index (κ2) is 6.19. The van der Waals surface area contributed by atoms with E-state index in [9.17, 15) is 5.11 Å². The van der Waals surface area contributed by atoms with Crippen molar-refractivity contribution in [3.8, 4) is 0 Å². The van der Waals surface area contributed by atoms with E-state index >= 15 is 0 Å². The van der Waals surface area contributed by atoms with Crippen LogP contribution in [0.15, 0.2) is 11.4 Å². The van der Waals surface area contributed by atoms with Crippen LogP contribution >= 0.6 is 22.9 Å². The molecule has 0 amide bonds. The molecule has 0 spiro atoms. The van der Waals surface area contributed by atoms with Gasteiger partial charge in [-0.1, -0.05) is 18.0 Å². The van der Waals surface area contributed by atoms with Crippen molar-refractivity contribution in [1.29, 1.82) is 0 Å². The van der Waals surface area contributed by atoms with E-state index in [1.807, 2.05) is 6.07 Å². The average molecular weight is 274 g/mol. The first-order chi connectivity index (χ1) is 8.20. The molecule has 1 aromatic heterocycles. The number of thiophene rings is 1. The molecule has 2 nitrogen and oxygen atoms in total. The third-order valence-corrected chi connectivity index (χ3v) is 4.93. The first-order valence-electron chi connectivity index (χ1n) is 6.29. The summed E-state index contributed by atoms with van der Waals surface area (Å²) in [4.78, 5) is 0. The summed E-state index contributed by atoms with van der Waals surface area (Å²) in [6.07, 6.45) is 3.69. The molecule has 1 heterocycles. The van der Waals surface area contributed by atoms with Crippen molar-refractivity contribution in [2.45, 2.75) is 32.2 Å². The molecule has 1 saturated carbocycles. The zero-order valence-corrected chi connectivity index (χ0v) is 11.7. The molecular formula is C13H20ClNOS. The molecule has 2 N–H and O–H groups in total. The molecule has 1 aromatic rings. The Balaban J connectivity index is 1.81. The van der Waals surface area contributed by atoms with Crippen molar-refractivity contribution < 1.29 is 5.11 Å². The highest BCUT2D eigenvalue weighted by Gasteiger charge is 2.26. The number of rotatable bonds is 5. The van der Waals surface area contributed by atoms with Crippen molar-refractivity contribution in [2.24, 2.45) is 11.8 Å². The van der Waals surface area contributed by atoms with Crippen molar-refractivity contribution in [3.05, 3.63) is 21.3 Å². The number of halogens is 1. The highest BCUT2D eigenvalue weighted by Crippen LogP contribution is 2.31. The first-order valence-corrected chi connectivity index (χ1v) is 7.54. The number of hydrogen-bond donors (Lipinski definition) is 2. The van der Waals surface area contributed by atoms with Crippen molar-refractivity contribution in [2.75, 3.05) is 13.2 Å². The van der Waals surface area contributed by atoms with E-state index < -0.39 is 0 Å². The van der Waals surface area contributed by atoms with Crippen LogP contribution in [0, 0.1) is 11.8 Å². The van der Waals surface area contributed by atoms with Crippen LogP contribution in [-0.2, 0) is 0 Å². The van der Waals surface area contributed by atoms with Gasteiger partial charge in [-0.2, -0.15) is 0 Å². The van der Waals surface area contributed by atoms with Crippen LogP contribution in [0.4, 0.5) is 0 Å². The predicted molar refractivity (Wildman–Crippen MR) is 73.7 cm³/mol. The van der Waals surface area contributed by atoms with Gasteiger partial charge in [0.2, 0.25) is 0 Å². The monoisotopic (exact) mass is 273 g/mol. The maximum absolute atomic E-state index is 9.28. The number of hydrogen-bond acceptors (Lipinski definition) is 3. The largest absolute Gasteiger partial charge is 0.396 e. The van der Waals surface area contributed by atoms with Crippen LogP contribution in [-0.4, -0.2) is 18.3 Å². The second-order valence-electron chi connectivity index (χ2n) is 4.95. The minimum absolute atomic E-state index is 0.338. The zero-order valence-electron chi connectivity index (χ0n) is 10.2. The van der Waals surface area contributed by atoms with Gasteiger partial charge >= 0.3 is 0 Å². The quantitative estimate of drug-likeness (QED) is 0.861. The number of aliphatic hydroxyl groups is 1. The summed E-state index contributed by atoms with van der Waals surface area (Å²) in [7, 11) is 0. The molecule has 0 aliphatic heterocycles. The summed E-state index contributed by atoms with van der Waals surface area (Å²) in [5.41, 5.74) is 1.26. The Hall–Kier alpha value is -0.0900. The lowest BCUT2D eigenvalue weighted by Crippen LogP contribution is -2.28. The molecule has 1 fully saturated rings. The van der Waals surface area contributed by atoms with Crippen LogP contribution in [0.3, 0.4) is 0 Å². The third-order valence-electron chi connectivity index (χ3n) is 3.82. The molecule has 1 aliphatic carbocycles. The fourth-order valence-corrected chi connectivity index (χ4v) is 3.60. The van der Waals surface area contributed by atoms with E-state index in [4.69, 9.17) is 11.6 Å². The Labute approximate surface area is 112 Å². The predicted octanol–water partition coefficient (Wildman–Crippen LogP) is 3.46. The van der Waals surface area contributed by atoms with E-state index in [0.717, 1.165) is 10.9 Å². The van der Waals surface area contributed by atoms with Crippen LogP contribution in [0.1, 0.15) is 37.8 Å². The van der Waals surface area contributed by atoms with Crippen LogP contribution < -0.4 is 5.32 Å². The lowest BCUT2D eigenvalue weighted by Gasteiger charge is -2.20. The Morgan fingerprint density at radius 3 is 2.94 bits per heavy atom. The lowest BCUT2D eigenvalue weighted by molar-refractivity contribution is 0.190. The normalized spacial score (nSPS) is 26.3. The molecule has 96 valence electrons. The summed E-state index contributed by atoms with van der Waals surface area (Å²) < 4.78 is 0.850. The minimum Gasteiger partial charge on any atom is -0.396 e. The summed E-state index contributed by atoms with van der Waals surface area (Å²) in [5, 5.41) is 14.9. The van der Waals surface area contributed by atoms with Gasteiger partial charge in [0.1, 0.15) is 0 Å². The number of nitrogens with one attached hydrogen (secondary N) is 1. The smallest absolute Gasteiger partial charge is 0.0931 e. The Morgan fingerprint density at radius 2 is 2.29 bits per heavy atom. The lowest BCUT2D eigenvalue weighted by atomic mass is 9.96. The van der Waals surface area contributed by atoms with Gasteiger partial charge in [-0.3, -0.25) is 0 Å². The van der Waals surface area contributed by atoms with Crippen molar-refractivity contribution in [1.82, 2.24) is 5.32 Å². The fraction of sp³-hybridized carbons (Fsp3) is 0.692. The van der Waals surface area contributed by atoms with Crippen LogP contribution in [0.2, 0.25) is 4.34 Å². The maximum Gasteiger partial charge on any atom is 0.0931 e. The molecule has 3 unspecified atom stereocenters. The molecule has 0 saturated heterocycles. The molecule has 1 aliphatic rings. The second-order valence-corrected chi connectivity index (χ2v) is 6.49. The Morgan fingerprint density at radius 1 is 1.53 bits per heavy atom. The summed E-state index contributed by atoms with van der Waals surface area (Å²) in [5.74, 6) is 1.14. The molecule has 2 rings (SSSR count). The van der Waals surface area contributed by atoms with Gasteiger partial charge in [0, 0.05) is 12.6 Å². The van der Waals surface area contributed by atoms with Crippen LogP contribution in [0.5, 0.6) is 0 Å². The van der Waals surface area contributed by atoms with Gasteiger partial charge in [0.25, 0.3) is 0 Å². The van der Waals surface area contributed by atoms with E-state index in [1.165, 1.54) is 24.8 Å². The standard InChI is InChI=1S/C13H20ClNOS/c1-9(12-5-13(14)17-8-12)15-6-10-3-2-4-11(10)7-16/h5,8-11,15-16H,2-4,6-7H2,1H3. The minimum atomic E-state index is 0.338. The van der Waals surface area contributed by atoms with Gasteiger partial charge < -0.3 is 10.4 Å². The molecule has 3 atom stereocenters. The van der Waals surface area contributed by atoms with E-state index in [1.54, 1.807) is 11.3 Å². The van der Waals surface area contributed by atoms with Crippen LogP contribution in [0.25, 0.3) is 0 Å². The summed E-state index contributed by atoms with van der Waals surface area (Å²) in [6.45, 7) is 3.51. The molecule has 0 bridgehead atoms. The first kappa shape index (κ1) is 13.3. The Kier molecular flexibility index (Phi) is 4.86. The topological polar surface area (TPSA) is 32.3 Å². The van der Waals surface area contributed by atoms with E-state index in [0.29, 0.717) is 24.5 Å². The van der Waals surface area contributed by atoms with Gasteiger partial charge in [0.15, 0.2) is 0 Å². The van der Waals surface area contributed by atoms with E-state index in [2.05, 4.69) is 17.6 Å². The van der Waals surface area contributed by atoms with Gasteiger partial charge in [0.05, 0.1) is 4.34 Å². The molecule has 4 heteroatoms.